The molecule has 38 heavy (non-hydrogen) atoms. The molecule has 1 saturated heterocycles. The Hall–Kier alpha value is -2.30. The molecule has 0 aliphatic carbocycles. The van der Waals surface area contributed by atoms with Gasteiger partial charge in [0.05, 0.1) is 0 Å². The SMILES string of the molecule is Cc1cc(C)cc(P(c2cc(C)ccc2C)N(C(C)C)P2[C@H](c3ccccc3)CC[C@H]2c2ccccc2)c1. The summed E-state index contributed by atoms with van der Waals surface area (Å²) < 4.78 is 3.02. The highest BCUT2D eigenvalue weighted by Crippen LogP contribution is 2.76. The summed E-state index contributed by atoms with van der Waals surface area (Å²) in [6.45, 7) is 14.0. The number of rotatable bonds is 7. The Kier molecular flexibility index (Phi) is 8.50. The third kappa shape index (κ3) is 5.67. The summed E-state index contributed by atoms with van der Waals surface area (Å²) in [6, 6.07) is 37.5. The van der Waals surface area contributed by atoms with E-state index in [9.17, 15) is 0 Å². The fourth-order valence-corrected chi connectivity index (χ4v) is 14.1. The van der Waals surface area contributed by atoms with Gasteiger partial charge in [-0.1, -0.05) is 95.6 Å². The average Bonchev–Trinajstić information content (AvgIpc) is 3.33. The third-order valence-corrected chi connectivity index (χ3v) is 14.7. The molecule has 196 valence electrons. The standard InChI is InChI=1S/C35H41NP2/c1-25(2)36(37(32-22-27(4)21-28(5)23-32)35-24-26(3)17-18-29(35)6)38-33(30-13-9-7-10-14-30)19-20-34(38)31-15-11-8-12-16-31/h7-18,21-25,33-34H,19-20H2,1-6H3/t33-,34-,37?/m0/s1. The monoisotopic (exact) mass is 537 g/mol. The van der Waals surface area contributed by atoms with Crippen molar-refractivity contribution in [2.75, 3.05) is 0 Å². The topological polar surface area (TPSA) is 3.24 Å². The molecule has 0 bridgehead atoms. The van der Waals surface area contributed by atoms with Crippen LogP contribution < -0.4 is 10.6 Å². The first-order valence-electron chi connectivity index (χ1n) is 14.0. The molecule has 1 heterocycles. The van der Waals surface area contributed by atoms with Crippen LogP contribution in [-0.4, -0.2) is 10.5 Å². The molecule has 0 saturated carbocycles. The second-order valence-electron chi connectivity index (χ2n) is 11.2. The molecule has 0 aromatic heterocycles. The van der Waals surface area contributed by atoms with Gasteiger partial charge in [0.25, 0.3) is 0 Å². The maximum absolute atomic E-state index is 3.02. The van der Waals surface area contributed by atoms with Crippen molar-refractivity contribution in [3.63, 3.8) is 0 Å². The maximum atomic E-state index is 3.02. The summed E-state index contributed by atoms with van der Waals surface area (Å²) in [5.41, 5.74) is 9.65. The van der Waals surface area contributed by atoms with Crippen LogP contribution in [-0.2, 0) is 0 Å². The minimum atomic E-state index is -0.706. The lowest BCUT2D eigenvalue weighted by Gasteiger charge is -2.45. The predicted molar refractivity (Wildman–Crippen MR) is 170 cm³/mol. The van der Waals surface area contributed by atoms with Crippen molar-refractivity contribution in [2.24, 2.45) is 0 Å². The molecule has 4 aromatic rings. The Morgan fingerprint density at radius 3 is 1.68 bits per heavy atom. The predicted octanol–water partition coefficient (Wildman–Crippen LogP) is 9.65. The lowest BCUT2D eigenvalue weighted by atomic mass is 10.0. The van der Waals surface area contributed by atoms with Gasteiger partial charge in [0.1, 0.15) is 0 Å². The molecule has 0 amide bonds. The molecular formula is C35H41NP2. The van der Waals surface area contributed by atoms with E-state index in [4.69, 9.17) is 0 Å². The number of aryl methyl sites for hydroxylation is 4. The highest BCUT2D eigenvalue weighted by Gasteiger charge is 2.45. The largest absolute Gasteiger partial charge is 0.249 e. The molecule has 5 rings (SSSR count). The zero-order chi connectivity index (χ0) is 26.8. The zero-order valence-electron chi connectivity index (χ0n) is 23.7. The van der Waals surface area contributed by atoms with Crippen LogP contribution in [0.5, 0.6) is 0 Å². The molecule has 3 atom stereocenters. The van der Waals surface area contributed by atoms with Crippen molar-refractivity contribution in [3.8, 4) is 0 Å². The maximum Gasteiger partial charge on any atom is 0.0324 e. The van der Waals surface area contributed by atoms with Crippen LogP contribution >= 0.6 is 16.1 Å². The van der Waals surface area contributed by atoms with E-state index in [0.717, 1.165) is 0 Å². The molecule has 0 N–H and O–H groups in total. The molecule has 1 fully saturated rings. The van der Waals surface area contributed by atoms with Gasteiger partial charge >= 0.3 is 0 Å². The van der Waals surface area contributed by atoms with Crippen LogP contribution in [0.15, 0.2) is 97.1 Å². The number of hydrogen-bond donors (Lipinski definition) is 0. The van der Waals surface area contributed by atoms with Crippen LogP contribution in [0.3, 0.4) is 0 Å². The van der Waals surface area contributed by atoms with Crippen molar-refractivity contribution >= 4 is 26.8 Å². The Morgan fingerprint density at radius 1 is 0.658 bits per heavy atom. The summed E-state index contributed by atoms with van der Waals surface area (Å²) in [6.07, 6.45) is 2.50. The van der Waals surface area contributed by atoms with Gasteiger partial charge in [-0.2, -0.15) is 0 Å². The van der Waals surface area contributed by atoms with E-state index in [1.165, 1.54) is 56.8 Å². The first-order valence-corrected chi connectivity index (χ1v) is 16.7. The van der Waals surface area contributed by atoms with E-state index in [-0.39, 0.29) is 0 Å². The molecule has 1 unspecified atom stereocenters. The van der Waals surface area contributed by atoms with Crippen molar-refractivity contribution < 1.29 is 0 Å². The van der Waals surface area contributed by atoms with Gasteiger partial charge in [-0.05, 0) is 108 Å². The minimum Gasteiger partial charge on any atom is -0.249 e. The first kappa shape index (κ1) is 27.3. The molecule has 1 aliphatic rings. The summed E-state index contributed by atoms with van der Waals surface area (Å²) in [5.74, 6) is 0. The lowest BCUT2D eigenvalue weighted by molar-refractivity contribution is 0.569. The number of benzene rings is 4. The third-order valence-electron chi connectivity index (χ3n) is 7.67. The normalized spacial score (nSPS) is 18.8. The van der Waals surface area contributed by atoms with Crippen LogP contribution in [0, 0.1) is 27.7 Å². The van der Waals surface area contributed by atoms with Crippen LogP contribution in [0.25, 0.3) is 0 Å². The molecule has 3 heteroatoms. The van der Waals surface area contributed by atoms with E-state index in [0.29, 0.717) is 17.4 Å². The lowest BCUT2D eigenvalue weighted by Crippen LogP contribution is -2.33. The fraction of sp³-hybridized carbons (Fsp3) is 0.314. The highest BCUT2D eigenvalue weighted by molar-refractivity contribution is 7.79. The van der Waals surface area contributed by atoms with Crippen LogP contribution in [0.2, 0.25) is 0 Å². The Balaban J connectivity index is 1.74. The average molecular weight is 538 g/mol. The van der Waals surface area contributed by atoms with Crippen molar-refractivity contribution in [3.05, 3.63) is 130 Å². The van der Waals surface area contributed by atoms with Gasteiger partial charge in [-0.3, -0.25) is 0 Å². The van der Waals surface area contributed by atoms with Gasteiger partial charge < -0.3 is 0 Å². The van der Waals surface area contributed by atoms with E-state index in [2.05, 4.69) is 143 Å². The Morgan fingerprint density at radius 2 is 1.18 bits per heavy atom. The number of hydrogen-bond acceptors (Lipinski definition) is 1. The molecule has 4 aromatic carbocycles. The summed E-state index contributed by atoms with van der Waals surface area (Å²) in [5, 5.41) is 3.01. The van der Waals surface area contributed by atoms with Gasteiger partial charge in [-0.15, -0.1) is 0 Å². The van der Waals surface area contributed by atoms with Gasteiger partial charge in [0, 0.05) is 25.4 Å². The summed E-state index contributed by atoms with van der Waals surface area (Å²) in [7, 11) is -1.20. The smallest absolute Gasteiger partial charge is 0.0324 e. The van der Waals surface area contributed by atoms with E-state index >= 15 is 0 Å². The number of nitrogens with zero attached hydrogens (tertiary/aromatic N) is 1. The minimum absolute atomic E-state index is 0.434. The van der Waals surface area contributed by atoms with Crippen LogP contribution in [0.4, 0.5) is 0 Å². The van der Waals surface area contributed by atoms with Gasteiger partial charge in [0.15, 0.2) is 0 Å². The molecule has 0 radical (unpaired) electrons. The quantitative estimate of drug-likeness (QED) is 0.212. The second kappa shape index (κ2) is 11.8. The van der Waals surface area contributed by atoms with Crippen LogP contribution in [0.1, 0.15) is 71.4 Å². The summed E-state index contributed by atoms with van der Waals surface area (Å²) in [4.78, 5) is 0. The van der Waals surface area contributed by atoms with E-state index < -0.39 is 16.1 Å². The zero-order valence-corrected chi connectivity index (χ0v) is 25.5. The molecule has 1 nitrogen and oxygen atoms in total. The highest BCUT2D eigenvalue weighted by atomic mass is 31.2. The first-order chi connectivity index (χ1) is 18.3. The second-order valence-corrected chi connectivity index (χ2v) is 16.0. The Labute approximate surface area is 232 Å². The molecule has 0 spiro atoms. The van der Waals surface area contributed by atoms with Crippen molar-refractivity contribution in [2.45, 2.75) is 71.7 Å². The fourth-order valence-electron chi connectivity index (χ4n) is 6.06. The van der Waals surface area contributed by atoms with E-state index in [1.807, 2.05) is 0 Å². The van der Waals surface area contributed by atoms with Gasteiger partial charge in [0.2, 0.25) is 0 Å². The van der Waals surface area contributed by atoms with Crippen molar-refractivity contribution in [1.82, 2.24) is 4.44 Å². The van der Waals surface area contributed by atoms with E-state index in [1.54, 1.807) is 0 Å². The Bertz CT molecular complexity index is 1300. The van der Waals surface area contributed by atoms with Crippen molar-refractivity contribution in [1.29, 1.82) is 0 Å². The molecule has 1 aliphatic heterocycles. The summed E-state index contributed by atoms with van der Waals surface area (Å²) >= 11 is 0. The van der Waals surface area contributed by atoms with Gasteiger partial charge in [-0.25, -0.2) is 4.44 Å². The molecular weight excluding hydrogens is 496 g/mol.